The Labute approximate surface area is 94.1 Å². The molecule has 1 N–H and O–H groups in total. The predicted octanol–water partition coefficient (Wildman–Crippen LogP) is 1.87. The van der Waals surface area contributed by atoms with Gasteiger partial charge in [-0.25, -0.2) is 8.42 Å². The Balaban J connectivity index is 0.000000168. The Morgan fingerprint density at radius 2 is 1.81 bits per heavy atom. The third-order valence-electron chi connectivity index (χ3n) is 1.95. The normalized spacial score (nSPS) is 14.0. The standard InChI is InChI=1S/C6H4O2S.C5H8O2/c7-9(8)5-3-1-2-4-6(5)9;1-2-3-4-5(6)7/h1-4H;2H,1,3-4H2,(H,6,7). The van der Waals surface area contributed by atoms with Gasteiger partial charge in [-0.05, 0) is 18.6 Å². The summed E-state index contributed by atoms with van der Waals surface area (Å²) in [6.07, 6.45) is 2.35. The molecule has 2 rings (SSSR count). The summed E-state index contributed by atoms with van der Waals surface area (Å²) in [5, 5.41) is 8.00. The van der Waals surface area contributed by atoms with Crippen molar-refractivity contribution in [2.75, 3.05) is 0 Å². The number of aliphatic carboxylic acids is 1. The average molecular weight is 240 g/mol. The van der Waals surface area contributed by atoms with Gasteiger partial charge >= 0.3 is 5.97 Å². The van der Waals surface area contributed by atoms with Crippen LogP contribution in [0.4, 0.5) is 0 Å². The van der Waals surface area contributed by atoms with Gasteiger partial charge in [0.15, 0.2) is 0 Å². The van der Waals surface area contributed by atoms with E-state index < -0.39 is 15.8 Å². The maximum atomic E-state index is 10.7. The highest BCUT2D eigenvalue weighted by atomic mass is 32.2. The summed E-state index contributed by atoms with van der Waals surface area (Å²) in [7, 11) is -2.88. The fraction of sp³-hybridized carbons (Fsp3) is 0.182. The lowest BCUT2D eigenvalue weighted by Gasteiger charge is -1.82. The molecular formula is C11H12O4S. The van der Waals surface area contributed by atoms with Gasteiger partial charge in [-0.3, -0.25) is 4.79 Å². The summed E-state index contributed by atoms with van der Waals surface area (Å²) < 4.78 is 21.5. The first kappa shape index (κ1) is 12.4. The number of fused-ring (bicyclic) bond motifs is 1. The Hall–Kier alpha value is -1.62. The number of hydrogen-bond acceptors (Lipinski definition) is 3. The third kappa shape index (κ3) is 2.93. The highest BCUT2D eigenvalue weighted by molar-refractivity contribution is 7.97. The Kier molecular flexibility index (Phi) is 3.84. The zero-order valence-electron chi connectivity index (χ0n) is 8.59. The van der Waals surface area contributed by atoms with Crippen LogP contribution < -0.4 is 0 Å². The largest absolute Gasteiger partial charge is 0.481 e. The van der Waals surface area contributed by atoms with E-state index in [-0.39, 0.29) is 6.42 Å². The van der Waals surface area contributed by atoms with Crippen molar-refractivity contribution in [3.05, 3.63) is 36.9 Å². The second kappa shape index (κ2) is 4.94. The number of carboxylic acid groups (broad SMARTS) is 1. The van der Waals surface area contributed by atoms with Crippen LogP contribution in [0.5, 0.6) is 0 Å². The van der Waals surface area contributed by atoms with E-state index >= 15 is 0 Å². The van der Waals surface area contributed by atoms with Crippen molar-refractivity contribution in [1.29, 1.82) is 0 Å². The minimum Gasteiger partial charge on any atom is -0.481 e. The van der Waals surface area contributed by atoms with Gasteiger partial charge in [-0.1, -0.05) is 18.2 Å². The molecule has 1 aromatic rings. The minimum atomic E-state index is -2.88. The van der Waals surface area contributed by atoms with E-state index in [9.17, 15) is 13.2 Å². The maximum Gasteiger partial charge on any atom is 0.303 e. The molecule has 0 atom stereocenters. The first-order valence-corrected chi connectivity index (χ1v) is 6.15. The summed E-state index contributed by atoms with van der Waals surface area (Å²) >= 11 is 0. The van der Waals surface area contributed by atoms with Crippen LogP contribution in [0.15, 0.2) is 46.7 Å². The molecule has 0 unspecified atom stereocenters. The molecule has 0 amide bonds. The first-order chi connectivity index (χ1) is 7.50. The van der Waals surface area contributed by atoms with E-state index in [1.807, 2.05) is 0 Å². The topological polar surface area (TPSA) is 71.4 Å². The van der Waals surface area contributed by atoms with Crippen LogP contribution in [-0.2, 0) is 14.6 Å². The van der Waals surface area contributed by atoms with Gasteiger partial charge in [0.05, 0.1) is 9.79 Å². The summed E-state index contributed by atoms with van der Waals surface area (Å²) in [5.41, 5.74) is 0. The second-order valence-corrected chi connectivity index (χ2v) is 5.06. The first-order valence-electron chi connectivity index (χ1n) is 4.67. The van der Waals surface area contributed by atoms with E-state index in [1.165, 1.54) is 0 Å². The molecule has 1 aromatic carbocycles. The van der Waals surface area contributed by atoms with Gasteiger partial charge in [-0.15, -0.1) is 6.58 Å². The van der Waals surface area contributed by atoms with Gasteiger partial charge in [0, 0.05) is 6.42 Å². The van der Waals surface area contributed by atoms with Crippen molar-refractivity contribution in [2.45, 2.75) is 22.6 Å². The highest BCUT2D eigenvalue weighted by Gasteiger charge is 2.37. The number of carbonyl (C=O) groups is 1. The highest BCUT2D eigenvalue weighted by Crippen LogP contribution is 2.38. The molecule has 16 heavy (non-hydrogen) atoms. The van der Waals surface area contributed by atoms with Gasteiger partial charge < -0.3 is 5.11 Å². The maximum absolute atomic E-state index is 10.7. The van der Waals surface area contributed by atoms with Gasteiger partial charge in [0.1, 0.15) is 0 Å². The monoisotopic (exact) mass is 240 g/mol. The number of carboxylic acids is 1. The second-order valence-electron chi connectivity index (χ2n) is 3.17. The summed E-state index contributed by atoms with van der Waals surface area (Å²) in [4.78, 5) is 10.7. The lowest BCUT2D eigenvalue weighted by Crippen LogP contribution is -1.90. The van der Waals surface area contributed by atoms with Crippen LogP contribution >= 0.6 is 0 Å². The molecular weight excluding hydrogens is 228 g/mol. The van der Waals surface area contributed by atoms with Crippen LogP contribution in [0.25, 0.3) is 0 Å². The smallest absolute Gasteiger partial charge is 0.303 e. The molecule has 0 saturated heterocycles. The number of benzene rings is 1. The SMILES string of the molecule is C=CCCC(=O)O.O=S1(=O)c2ccccc21. The van der Waals surface area contributed by atoms with Crippen molar-refractivity contribution in [1.82, 2.24) is 0 Å². The molecule has 5 heteroatoms. The van der Waals surface area contributed by atoms with Gasteiger partial charge in [-0.2, -0.15) is 0 Å². The van der Waals surface area contributed by atoms with Crippen molar-refractivity contribution in [3.8, 4) is 0 Å². The number of hydrogen-bond donors (Lipinski definition) is 1. The van der Waals surface area contributed by atoms with Crippen molar-refractivity contribution >= 4 is 15.8 Å². The van der Waals surface area contributed by atoms with Crippen molar-refractivity contribution < 1.29 is 18.3 Å². The van der Waals surface area contributed by atoms with Crippen LogP contribution in [-0.4, -0.2) is 19.5 Å². The molecule has 1 aliphatic heterocycles. The molecule has 0 fully saturated rings. The van der Waals surface area contributed by atoms with Crippen LogP contribution in [0.1, 0.15) is 12.8 Å². The van der Waals surface area contributed by atoms with E-state index in [1.54, 1.807) is 30.3 Å². The number of rotatable bonds is 3. The number of sulfone groups is 1. The Morgan fingerprint density at radius 3 is 2.06 bits per heavy atom. The summed E-state index contributed by atoms with van der Waals surface area (Å²) in [5.74, 6) is -0.764. The lowest BCUT2D eigenvalue weighted by molar-refractivity contribution is -0.136. The van der Waals surface area contributed by atoms with Crippen LogP contribution in [0, 0.1) is 0 Å². The minimum absolute atomic E-state index is 0.198. The molecule has 0 saturated carbocycles. The van der Waals surface area contributed by atoms with Gasteiger partial charge in [0.2, 0.25) is 9.84 Å². The molecule has 1 aliphatic rings. The Morgan fingerprint density at radius 1 is 1.31 bits per heavy atom. The molecule has 0 bridgehead atoms. The van der Waals surface area contributed by atoms with Gasteiger partial charge in [0.25, 0.3) is 0 Å². The summed E-state index contributed by atoms with van der Waals surface area (Å²) in [6.45, 7) is 3.37. The zero-order valence-corrected chi connectivity index (χ0v) is 9.40. The van der Waals surface area contributed by atoms with Crippen molar-refractivity contribution in [3.63, 3.8) is 0 Å². The van der Waals surface area contributed by atoms with E-state index in [4.69, 9.17) is 5.11 Å². The molecule has 0 aromatic heterocycles. The van der Waals surface area contributed by atoms with Crippen LogP contribution in [0.3, 0.4) is 0 Å². The molecule has 86 valence electrons. The Bertz CT molecular complexity index is 473. The fourth-order valence-electron chi connectivity index (χ4n) is 1.08. The van der Waals surface area contributed by atoms with Crippen molar-refractivity contribution in [2.24, 2.45) is 0 Å². The predicted molar refractivity (Wildman–Crippen MR) is 59.0 cm³/mol. The molecule has 4 nitrogen and oxygen atoms in total. The average Bonchev–Trinajstić information content (AvgIpc) is 2.81. The van der Waals surface area contributed by atoms with Crippen LogP contribution in [0.2, 0.25) is 0 Å². The quantitative estimate of drug-likeness (QED) is 0.656. The molecule has 0 aliphatic carbocycles. The third-order valence-corrected chi connectivity index (χ3v) is 3.61. The fourth-order valence-corrected chi connectivity index (χ4v) is 2.38. The zero-order chi connectivity index (χ0) is 12.2. The lowest BCUT2D eigenvalue weighted by atomic mass is 10.3. The number of allylic oxidation sites excluding steroid dienone is 1. The van der Waals surface area contributed by atoms with E-state index in [0.29, 0.717) is 16.2 Å². The molecule has 0 spiro atoms. The molecule has 0 radical (unpaired) electrons. The van der Waals surface area contributed by atoms with E-state index in [2.05, 4.69) is 6.58 Å². The molecule has 1 heterocycles. The van der Waals surface area contributed by atoms with E-state index in [0.717, 1.165) is 0 Å². The summed E-state index contributed by atoms with van der Waals surface area (Å²) in [6, 6.07) is 6.68.